The molecular formula is C18H16N4O3S. The molecule has 1 N–H and O–H groups in total. The van der Waals surface area contributed by atoms with Crippen LogP contribution in [0.1, 0.15) is 13.3 Å². The van der Waals surface area contributed by atoms with Gasteiger partial charge in [-0.1, -0.05) is 17.4 Å². The van der Waals surface area contributed by atoms with Gasteiger partial charge < -0.3 is 9.64 Å². The fourth-order valence-electron chi connectivity index (χ4n) is 3.00. The van der Waals surface area contributed by atoms with Crippen molar-refractivity contribution in [3.8, 4) is 5.75 Å². The molecule has 2 amide bonds. The van der Waals surface area contributed by atoms with Crippen LogP contribution in [0.25, 0.3) is 10.2 Å². The lowest BCUT2D eigenvalue weighted by Crippen LogP contribution is -2.58. The molecular weight excluding hydrogens is 352 g/mol. The highest BCUT2D eigenvalue weighted by atomic mass is 32.1. The van der Waals surface area contributed by atoms with Crippen LogP contribution in [-0.2, 0) is 9.59 Å². The van der Waals surface area contributed by atoms with E-state index in [4.69, 9.17) is 4.74 Å². The molecule has 1 atom stereocenters. The highest BCUT2D eigenvalue weighted by Crippen LogP contribution is 2.32. The zero-order valence-electron chi connectivity index (χ0n) is 14.2. The summed E-state index contributed by atoms with van der Waals surface area (Å²) in [6, 6.07) is 5.54. The lowest BCUT2D eigenvalue weighted by atomic mass is 9.91. The number of methoxy groups -OCH3 is 1. The molecule has 3 heterocycles. The number of hydrogen-bond donors (Lipinski definition) is 1. The number of amides is 2. The van der Waals surface area contributed by atoms with E-state index in [9.17, 15) is 9.59 Å². The smallest absolute Gasteiger partial charge is 0.252 e. The average molecular weight is 368 g/mol. The van der Waals surface area contributed by atoms with E-state index in [-0.39, 0.29) is 18.2 Å². The van der Waals surface area contributed by atoms with Crippen molar-refractivity contribution in [3.63, 3.8) is 0 Å². The van der Waals surface area contributed by atoms with Crippen LogP contribution in [0.2, 0.25) is 0 Å². The maximum Gasteiger partial charge on any atom is 0.252 e. The van der Waals surface area contributed by atoms with E-state index in [1.165, 1.54) is 11.3 Å². The lowest BCUT2D eigenvalue weighted by molar-refractivity contribution is -0.130. The molecule has 0 saturated heterocycles. The summed E-state index contributed by atoms with van der Waals surface area (Å²) in [5.41, 5.74) is -0.288. The third-order valence-electron chi connectivity index (χ3n) is 4.41. The quantitative estimate of drug-likeness (QED) is 0.901. The number of aromatic nitrogens is 1. The van der Waals surface area contributed by atoms with Gasteiger partial charge in [-0.3, -0.25) is 14.9 Å². The van der Waals surface area contributed by atoms with Crippen LogP contribution in [-0.4, -0.2) is 40.2 Å². The zero-order chi connectivity index (χ0) is 18.3. The number of fused-ring (bicyclic) bond motifs is 2. The van der Waals surface area contributed by atoms with Crippen LogP contribution in [0.5, 0.6) is 5.75 Å². The number of carbonyl (C=O) groups is 2. The SMILES string of the molecule is COc1ccc2nc(NC(=O)C3(C)CC(=O)N=C4C=CC=CN43)sc2c1. The Hall–Kier alpha value is -3.00. The Morgan fingerprint density at radius 1 is 1.38 bits per heavy atom. The number of aliphatic imine (C=N–C) groups is 1. The van der Waals surface area contributed by atoms with E-state index < -0.39 is 5.54 Å². The molecule has 0 spiro atoms. The summed E-state index contributed by atoms with van der Waals surface area (Å²) in [7, 11) is 1.60. The highest BCUT2D eigenvalue weighted by molar-refractivity contribution is 7.22. The third-order valence-corrected chi connectivity index (χ3v) is 5.34. The van der Waals surface area contributed by atoms with Gasteiger partial charge in [0.05, 0.1) is 23.7 Å². The Kier molecular flexibility index (Phi) is 3.84. The predicted molar refractivity (Wildman–Crippen MR) is 100 cm³/mol. The summed E-state index contributed by atoms with van der Waals surface area (Å²) < 4.78 is 6.12. The Morgan fingerprint density at radius 3 is 3.04 bits per heavy atom. The molecule has 1 aromatic heterocycles. The van der Waals surface area contributed by atoms with E-state index in [2.05, 4.69) is 15.3 Å². The van der Waals surface area contributed by atoms with Crippen molar-refractivity contribution >= 4 is 44.3 Å². The van der Waals surface area contributed by atoms with E-state index in [0.29, 0.717) is 11.0 Å². The van der Waals surface area contributed by atoms with Crippen molar-refractivity contribution in [1.29, 1.82) is 0 Å². The molecule has 132 valence electrons. The fourth-order valence-corrected chi connectivity index (χ4v) is 3.89. The average Bonchev–Trinajstić information content (AvgIpc) is 3.02. The first kappa shape index (κ1) is 16.5. The molecule has 0 aliphatic carbocycles. The standard InChI is InChI=1S/C18H16N4O3S/c1-18(10-15(23)20-14-5-3-4-8-22(14)18)16(24)21-17-19-12-7-6-11(25-2)9-13(12)26-17/h3-9H,10H2,1-2H3,(H,19,21,24). The molecule has 8 heteroatoms. The molecule has 0 saturated carbocycles. The van der Waals surface area contributed by atoms with Crippen LogP contribution >= 0.6 is 11.3 Å². The van der Waals surface area contributed by atoms with Gasteiger partial charge in [-0.15, -0.1) is 0 Å². The molecule has 2 aliphatic heterocycles. The molecule has 2 aromatic rings. The number of nitrogens with zero attached hydrogens (tertiary/aromatic N) is 3. The van der Waals surface area contributed by atoms with Gasteiger partial charge >= 0.3 is 0 Å². The molecule has 7 nitrogen and oxygen atoms in total. The predicted octanol–water partition coefficient (Wildman–Crippen LogP) is 2.72. The molecule has 2 aliphatic rings. The van der Waals surface area contributed by atoms with Crippen molar-refractivity contribution in [2.24, 2.45) is 4.99 Å². The first-order chi connectivity index (χ1) is 12.5. The fraction of sp³-hybridized carbons (Fsp3) is 0.222. The van der Waals surface area contributed by atoms with E-state index in [0.717, 1.165) is 16.0 Å². The number of ether oxygens (including phenoxy) is 1. The van der Waals surface area contributed by atoms with Gasteiger partial charge in [0, 0.05) is 6.20 Å². The van der Waals surface area contributed by atoms with Crippen LogP contribution in [0.15, 0.2) is 47.6 Å². The maximum atomic E-state index is 13.0. The normalized spacial score (nSPS) is 21.5. The molecule has 0 radical (unpaired) electrons. The van der Waals surface area contributed by atoms with Crippen molar-refractivity contribution in [3.05, 3.63) is 42.6 Å². The number of amidine groups is 1. The third kappa shape index (κ3) is 2.68. The first-order valence-electron chi connectivity index (χ1n) is 8.01. The molecule has 4 rings (SSSR count). The van der Waals surface area contributed by atoms with Gasteiger partial charge in [-0.25, -0.2) is 4.98 Å². The van der Waals surface area contributed by atoms with Crippen molar-refractivity contribution in [2.75, 3.05) is 12.4 Å². The largest absolute Gasteiger partial charge is 0.497 e. The van der Waals surface area contributed by atoms with E-state index in [1.807, 2.05) is 24.3 Å². The molecule has 0 bridgehead atoms. The number of carbonyl (C=O) groups excluding carboxylic acids is 2. The molecule has 0 fully saturated rings. The summed E-state index contributed by atoms with van der Waals surface area (Å²) in [5.74, 6) is 0.581. The Bertz CT molecular complexity index is 1010. The van der Waals surface area contributed by atoms with Gasteiger partial charge in [0.25, 0.3) is 11.8 Å². The summed E-state index contributed by atoms with van der Waals surface area (Å²) in [4.78, 5) is 35.2. The van der Waals surface area contributed by atoms with Gasteiger partial charge in [-0.05, 0) is 37.3 Å². The highest BCUT2D eigenvalue weighted by Gasteiger charge is 2.45. The number of benzene rings is 1. The van der Waals surface area contributed by atoms with Gasteiger partial charge in [-0.2, -0.15) is 4.99 Å². The minimum absolute atomic E-state index is 0.000763. The number of anilines is 1. The Labute approximate surface area is 153 Å². The minimum Gasteiger partial charge on any atom is -0.497 e. The van der Waals surface area contributed by atoms with Crippen LogP contribution in [0.4, 0.5) is 5.13 Å². The number of rotatable bonds is 3. The number of hydrogen-bond acceptors (Lipinski definition) is 6. The number of allylic oxidation sites excluding steroid dienone is 2. The second-order valence-electron chi connectivity index (χ2n) is 6.19. The minimum atomic E-state index is -1.06. The summed E-state index contributed by atoms with van der Waals surface area (Å²) >= 11 is 1.36. The number of thiazole rings is 1. The van der Waals surface area contributed by atoms with Gasteiger partial charge in [0.15, 0.2) is 5.13 Å². The zero-order valence-corrected chi connectivity index (χ0v) is 15.0. The summed E-state index contributed by atoms with van der Waals surface area (Å²) in [6.07, 6.45) is 7.07. The first-order valence-corrected chi connectivity index (χ1v) is 8.83. The van der Waals surface area contributed by atoms with Crippen LogP contribution in [0.3, 0.4) is 0 Å². The summed E-state index contributed by atoms with van der Waals surface area (Å²) in [6.45, 7) is 1.73. The molecule has 26 heavy (non-hydrogen) atoms. The van der Waals surface area contributed by atoms with Gasteiger partial charge in [0.2, 0.25) is 0 Å². The summed E-state index contributed by atoms with van der Waals surface area (Å²) in [5, 5.41) is 3.33. The Morgan fingerprint density at radius 2 is 2.23 bits per heavy atom. The van der Waals surface area contributed by atoms with E-state index >= 15 is 0 Å². The lowest BCUT2D eigenvalue weighted by Gasteiger charge is -2.41. The maximum absolute atomic E-state index is 13.0. The monoisotopic (exact) mass is 368 g/mol. The number of nitrogens with one attached hydrogen (secondary N) is 1. The molecule has 1 aromatic carbocycles. The molecule has 1 unspecified atom stereocenters. The second kappa shape index (κ2) is 6.06. The van der Waals surface area contributed by atoms with Crippen LogP contribution in [0, 0.1) is 0 Å². The topological polar surface area (TPSA) is 83.9 Å². The van der Waals surface area contributed by atoms with Crippen LogP contribution < -0.4 is 10.1 Å². The van der Waals surface area contributed by atoms with Crippen molar-refractivity contribution in [1.82, 2.24) is 9.88 Å². The Balaban J connectivity index is 1.63. The van der Waals surface area contributed by atoms with Crippen molar-refractivity contribution in [2.45, 2.75) is 18.9 Å². The second-order valence-corrected chi connectivity index (χ2v) is 7.22. The van der Waals surface area contributed by atoms with E-state index in [1.54, 1.807) is 37.3 Å². The van der Waals surface area contributed by atoms with Crippen molar-refractivity contribution < 1.29 is 14.3 Å². The van der Waals surface area contributed by atoms with Gasteiger partial charge in [0.1, 0.15) is 17.1 Å².